The number of thiophene rings is 1. The van der Waals surface area contributed by atoms with E-state index in [0.29, 0.717) is 22.6 Å². The molecule has 1 fully saturated rings. The van der Waals surface area contributed by atoms with Crippen LogP contribution in [0.2, 0.25) is 0 Å². The summed E-state index contributed by atoms with van der Waals surface area (Å²) < 4.78 is 10.5. The number of ether oxygens (including phenoxy) is 2. The van der Waals surface area contributed by atoms with Crippen molar-refractivity contribution in [1.82, 2.24) is 4.90 Å². The number of rotatable bonds is 6. The molecule has 4 rings (SSSR count). The number of aliphatic hydroxyl groups excluding tert-OH is 1. The number of aliphatic hydroxyl groups is 1. The first-order valence-corrected chi connectivity index (χ1v) is 10.9. The minimum absolute atomic E-state index is 0.0741. The molecular weight excluding hydrogens is 426 g/mol. The molecule has 2 heterocycles. The third-order valence-corrected chi connectivity index (χ3v) is 6.43. The second-order valence-corrected chi connectivity index (χ2v) is 8.49. The molecule has 0 bridgehead atoms. The van der Waals surface area contributed by atoms with Crippen LogP contribution in [-0.2, 0) is 16.1 Å². The van der Waals surface area contributed by atoms with E-state index < -0.39 is 17.7 Å². The first kappa shape index (κ1) is 21.6. The van der Waals surface area contributed by atoms with Crippen molar-refractivity contribution in [3.8, 4) is 11.5 Å². The lowest BCUT2D eigenvalue weighted by Crippen LogP contribution is -2.28. The smallest absolute Gasteiger partial charge is 0.295 e. The number of ketones is 1. The zero-order valence-electron chi connectivity index (χ0n) is 18.0. The van der Waals surface area contributed by atoms with Gasteiger partial charge in [0.1, 0.15) is 17.3 Å². The molecule has 1 atom stereocenters. The quantitative estimate of drug-likeness (QED) is 0.336. The Morgan fingerprint density at radius 2 is 1.72 bits per heavy atom. The summed E-state index contributed by atoms with van der Waals surface area (Å²) in [6, 6.07) is 15.5. The first-order chi connectivity index (χ1) is 15.4. The van der Waals surface area contributed by atoms with E-state index in [4.69, 9.17) is 9.47 Å². The molecule has 0 radical (unpaired) electrons. The number of amides is 1. The Kier molecular flexibility index (Phi) is 6.01. The number of aryl methyl sites for hydroxylation is 1. The minimum atomic E-state index is -0.718. The molecule has 1 saturated heterocycles. The van der Waals surface area contributed by atoms with Crippen LogP contribution in [0.4, 0.5) is 0 Å². The Morgan fingerprint density at radius 3 is 2.31 bits per heavy atom. The fourth-order valence-electron chi connectivity index (χ4n) is 3.92. The minimum Gasteiger partial charge on any atom is -0.507 e. The number of carbonyl (C=O) groups excluding carboxylic acids is 2. The van der Waals surface area contributed by atoms with Gasteiger partial charge in [0.05, 0.1) is 32.4 Å². The van der Waals surface area contributed by atoms with E-state index in [2.05, 4.69) is 0 Å². The monoisotopic (exact) mass is 449 g/mol. The predicted octanol–water partition coefficient (Wildman–Crippen LogP) is 4.70. The maximum absolute atomic E-state index is 13.1. The van der Waals surface area contributed by atoms with Gasteiger partial charge in [-0.2, -0.15) is 0 Å². The average molecular weight is 450 g/mol. The molecule has 32 heavy (non-hydrogen) atoms. The topological polar surface area (TPSA) is 76.1 Å². The Morgan fingerprint density at radius 1 is 1.03 bits per heavy atom. The van der Waals surface area contributed by atoms with Gasteiger partial charge in [0.15, 0.2) is 0 Å². The molecule has 6 nitrogen and oxygen atoms in total. The molecule has 0 saturated carbocycles. The van der Waals surface area contributed by atoms with Crippen molar-refractivity contribution in [2.75, 3.05) is 14.2 Å². The van der Waals surface area contributed by atoms with E-state index in [-0.39, 0.29) is 17.9 Å². The average Bonchev–Trinajstić information content (AvgIpc) is 3.41. The molecular formula is C25H23NO5S. The molecule has 1 aliphatic rings. The van der Waals surface area contributed by atoms with Crippen LogP contribution >= 0.6 is 11.3 Å². The van der Waals surface area contributed by atoms with Crippen molar-refractivity contribution < 1.29 is 24.2 Å². The van der Waals surface area contributed by atoms with Gasteiger partial charge in [-0.05, 0) is 59.8 Å². The van der Waals surface area contributed by atoms with Crippen LogP contribution in [0.25, 0.3) is 5.76 Å². The summed E-state index contributed by atoms with van der Waals surface area (Å²) in [5, 5.41) is 13.2. The standard InChI is InChI=1S/C25H23NO5S/c1-15-13-18(31-3)10-11-20(15)23(27)21-22(16-6-8-17(30-2)9-7-16)26(25(29)24(21)28)14-19-5-4-12-32-19/h4-13,22,27H,14H2,1-3H3/b23-21-. The lowest BCUT2D eigenvalue weighted by atomic mass is 9.94. The summed E-state index contributed by atoms with van der Waals surface area (Å²) in [5.41, 5.74) is 2.01. The molecule has 3 aromatic rings. The first-order valence-electron chi connectivity index (χ1n) is 10.0. The molecule has 1 aliphatic heterocycles. The van der Waals surface area contributed by atoms with Crippen LogP contribution in [0.5, 0.6) is 11.5 Å². The molecule has 2 aromatic carbocycles. The van der Waals surface area contributed by atoms with Crippen LogP contribution in [0.1, 0.15) is 27.6 Å². The lowest BCUT2D eigenvalue weighted by Gasteiger charge is -2.25. The van der Waals surface area contributed by atoms with Gasteiger partial charge in [-0.15, -0.1) is 11.3 Å². The van der Waals surface area contributed by atoms with Gasteiger partial charge in [-0.25, -0.2) is 0 Å². The van der Waals surface area contributed by atoms with Crippen molar-refractivity contribution in [2.24, 2.45) is 0 Å². The van der Waals surface area contributed by atoms with Gasteiger partial charge < -0.3 is 19.5 Å². The summed E-state index contributed by atoms with van der Waals surface area (Å²) in [6.45, 7) is 2.10. The second-order valence-electron chi connectivity index (χ2n) is 7.46. The number of nitrogens with zero attached hydrogens (tertiary/aromatic N) is 1. The number of Topliss-reactive ketones (excluding diaryl/α,β-unsaturated/α-hetero) is 1. The van der Waals surface area contributed by atoms with Gasteiger partial charge >= 0.3 is 0 Å². The van der Waals surface area contributed by atoms with Crippen molar-refractivity contribution in [2.45, 2.75) is 19.5 Å². The van der Waals surface area contributed by atoms with Crippen molar-refractivity contribution in [3.63, 3.8) is 0 Å². The molecule has 1 unspecified atom stereocenters. The lowest BCUT2D eigenvalue weighted by molar-refractivity contribution is -0.140. The van der Waals surface area contributed by atoms with E-state index in [9.17, 15) is 14.7 Å². The van der Waals surface area contributed by atoms with Gasteiger partial charge in [-0.3, -0.25) is 9.59 Å². The van der Waals surface area contributed by atoms with Crippen molar-refractivity contribution in [1.29, 1.82) is 0 Å². The van der Waals surface area contributed by atoms with Crippen LogP contribution in [0, 0.1) is 6.92 Å². The molecule has 1 N–H and O–H groups in total. The summed E-state index contributed by atoms with van der Waals surface area (Å²) in [5.74, 6) is -0.223. The maximum atomic E-state index is 13.1. The molecule has 0 spiro atoms. The molecule has 1 aromatic heterocycles. The Balaban J connectivity index is 1.87. The third-order valence-electron chi connectivity index (χ3n) is 5.57. The highest BCUT2D eigenvalue weighted by Gasteiger charge is 2.46. The van der Waals surface area contributed by atoms with Crippen molar-refractivity contribution >= 4 is 28.8 Å². The van der Waals surface area contributed by atoms with E-state index >= 15 is 0 Å². The Hall–Kier alpha value is -3.58. The largest absolute Gasteiger partial charge is 0.507 e. The second kappa shape index (κ2) is 8.88. The number of hydrogen-bond donors (Lipinski definition) is 1. The van der Waals surface area contributed by atoms with Gasteiger partial charge in [0.2, 0.25) is 0 Å². The Bertz CT molecular complexity index is 1180. The molecule has 7 heteroatoms. The van der Waals surface area contributed by atoms with Gasteiger partial charge in [-0.1, -0.05) is 18.2 Å². The van der Waals surface area contributed by atoms with Crippen LogP contribution in [0.3, 0.4) is 0 Å². The fourth-order valence-corrected chi connectivity index (χ4v) is 4.62. The number of hydrogen-bond acceptors (Lipinski definition) is 6. The van der Waals surface area contributed by atoms with Crippen LogP contribution in [0.15, 0.2) is 65.6 Å². The SMILES string of the molecule is COc1ccc(C2/C(=C(/O)c3ccc(OC)cc3C)C(=O)C(=O)N2Cc2cccs2)cc1. The van der Waals surface area contributed by atoms with E-state index in [1.807, 2.05) is 36.6 Å². The summed E-state index contributed by atoms with van der Waals surface area (Å²) in [7, 11) is 3.14. The number of likely N-dealkylation sites (tertiary alicyclic amines) is 1. The number of benzene rings is 2. The molecule has 164 valence electrons. The highest BCUT2D eigenvalue weighted by molar-refractivity contribution is 7.09. The Labute approximate surface area is 190 Å². The van der Waals surface area contributed by atoms with Crippen LogP contribution in [-0.4, -0.2) is 35.9 Å². The summed E-state index contributed by atoms with van der Waals surface area (Å²) in [4.78, 5) is 28.7. The van der Waals surface area contributed by atoms with Crippen LogP contribution < -0.4 is 9.47 Å². The van der Waals surface area contributed by atoms with E-state index in [1.54, 1.807) is 44.6 Å². The normalized spacial score (nSPS) is 17.6. The zero-order valence-corrected chi connectivity index (χ0v) is 18.8. The van der Waals surface area contributed by atoms with E-state index in [0.717, 1.165) is 10.4 Å². The van der Waals surface area contributed by atoms with Crippen molar-refractivity contribution in [3.05, 3.63) is 87.1 Å². The summed E-state index contributed by atoms with van der Waals surface area (Å²) in [6.07, 6.45) is 0. The maximum Gasteiger partial charge on any atom is 0.295 e. The number of methoxy groups -OCH3 is 2. The summed E-state index contributed by atoms with van der Waals surface area (Å²) >= 11 is 1.51. The fraction of sp³-hybridized carbons (Fsp3) is 0.200. The predicted molar refractivity (Wildman–Crippen MR) is 123 cm³/mol. The van der Waals surface area contributed by atoms with E-state index in [1.165, 1.54) is 16.2 Å². The third kappa shape index (κ3) is 3.87. The molecule has 1 amide bonds. The highest BCUT2D eigenvalue weighted by Crippen LogP contribution is 2.41. The number of carbonyl (C=O) groups is 2. The van der Waals surface area contributed by atoms with Gasteiger partial charge in [0.25, 0.3) is 11.7 Å². The zero-order chi connectivity index (χ0) is 22.8. The van der Waals surface area contributed by atoms with Gasteiger partial charge in [0, 0.05) is 10.4 Å². The highest BCUT2D eigenvalue weighted by atomic mass is 32.1. The molecule has 0 aliphatic carbocycles.